The molecule has 1 aliphatic carbocycles. The van der Waals surface area contributed by atoms with Crippen LogP contribution in [-0.4, -0.2) is 14.5 Å². The standard InChI is InChI=1S/C38H23N3/c1-4-16-30-24(11-1)29-17-9-21-35(41-33-19-7-5-13-26(33)27-14-6-8-20-34(27)41)36(29)28-15-3-2-12-25(28)31-23-40-32-18-10-22-39-38(32)37(30)31/h1-23H. The van der Waals surface area contributed by atoms with Crippen molar-refractivity contribution in [3.63, 3.8) is 0 Å². The minimum absolute atomic E-state index is 0.901. The van der Waals surface area contributed by atoms with Gasteiger partial charge in [-0.1, -0.05) is 97.1 Å². The van der Waals surface area contributed by atoms with E-state index in [1.54, 1.807) is 0 Å². The Morgan fingerprint density at radius 2 is 1.00 bits per heavy atom. The van der Waals surface area contributed by atoms with Crippen molar-refractivity contribution in [2.75, 3.05) is 0 Å². The van der Waals surface area contributed by atoms with Gasteiger partial charge in [0.05, 0.1) is 27.8 Å². The van der Waals surface area contributed by atoms with E-state index in [-0.39, 0.29) is 0 Å². The van der Waals surface area contributed by atoms with Crippen LogP contribution in [0.25, 0.3) is 83.0 Å². The maximum absolute atomic E-state index is 4.88. The Labute approximate surface area is 237 Å². The van der Waals surface area contributed by atoms with Crippen molar-refractivity contribution < 1.29 is 0 Å². The Balaban J connectivity index is 1.49. The Kier molecular flexibility index (Phi) is 4.61. The molecule has 0 fully saturated rings. The molecule has 190 valence electrons. The summed E-state index contributed by atoms with van der Waals surface area (Å²) in [5.41, 5.74) is 14.8. The third-order valence-corrected chi connectivity index (χ3v) is 8.46. The number of para-hydroxylation sites is 2. The monoisotopic (exact) mass is 521 g/mol. The number of rotatable bonds is 1. The average Bonchev–Trinajstić information content (AvgIpc) is 3.37. The van der Waals surface area contributed by atoms with Gasteiger partial charge in [0.15, 0.2) is 0 Å². The molecule has 0 radical (unpaired) electrons. The van der Waals surface area contributed by atoms with Crippen molar-refractivity contribution in [1.29, 1.82) is 0 Å². The summed E-state index contributed by atoms with van der Waals surface area (Å²) in [5, 5.41) is 2.51. The number of nitrogens with zero attached hydrogens (tertiary/aromatic N) is 3. The van der Waals surface area contributed by atoms with Gasteiger partial charge in [-0.15, -0.1) is 0 Å². The maximum atomic E-state index is 4.88. The number of pyridine rings is 2. The van der Waals surface area contributed by atoms with Gasteiger partial charge < -0.3 is 4.57 Å². The number of hydrogen-bond donors (Lipinski definition) is 0. The molecule has 3 heteroatoms. The Bertz CT molecular complexity index is 2270. The Hall–Kier alpha value is -5.54. The first-order valence-corrected chi connectivity index (χ1v) is 13.9. The van der Waals surface area contributed by atoms with Gasteiger partial charge in [-0.25, -0.2) is 0 Å². The molecule has 3 heterocycles. The van der Waals surface area contributed by atoms with E-state index in [0.717, 1.165) is 33.4 Å². The third kappa shape index (κ3) is 3.09. The number of hydrogen-bond acceptors (Lipinski definition) is 2. The molecule has 0 bridgehead atoms. The molecule has 41 heavy (non-hydrogen) atoms. The van der Waals surface area contributed by atoms with Gasteiger partial charge in [0.25, 0.3) is 0 Å². The quantitative estimate of drug-likeness (QED) is 0.215. The summed E-state index contributed by atoms with van der Waals surface area (Å²) in [4.78, 5) is 9.74. The molecule has 0 saturated heterocycles. The highest BCUT2D eigenvalue weighted by molar-refractivity contribution is 6.13. The molecule has 3 nitrogen and oxygen atoms in total. The van der Waals surface area contributed by atoms with Crippen LogP contribution in [0.5, 0.6) is 0 Å². The Morgan fingerprint density at radius 3 is 1.73 bits per heavy atom. The molecule has 0 amide bonds. The lowest BCUT2D eigenvalue weighted by molar-refractivity contribution is 1.18. The maximum Gasteiger partial charge on any atom is 0.0971 e. The largest absolute Gasteiger partial charge is 0.309 e. The van der Waals surface area contributed by atoms with Crippen LogP contribution in [-0.2, 0) is 0 Å². The van der Waals surface area contributed by atoms with E-state index < -0.39 is 0 Å². The smallest absolute Gasteiger partial charge is 0.0971 e. The molecule has 3 aromatic heterocycles. The minimum atomic E-state index is 0.901. The first kappa shape index (κ1) is 22.3. The molecule has 0 N–H and O–H groups in total. The van der Waals surface area contributed by atoms with E-state index in [9.17, 15) is 0 Å². The van der Waals surface area contributed by atoms with Crippen LogP contribution in [0.15, 0.2) is 140 Å². The summed E-state index contributed by atoms with van der Waals surface area (Å²) in [6.45, 7) is 0. The van der Waals surface area contributed by atoms with Crippen LogP contribution >= 0.6 is 0 Å². The predicted octanol–water partition coefficient (Wildman–Crippen LogP) is 9.71. The van der Waals surface area contributed by atoms with Gasteiger partial charge in [-0.2, -0.15) is 0 Å². The van der Waals surface area contributed by atoms with Crippen LogP contribution < -0.4 is 0 Å². The number of aromatic nitrogens is 3. The second-order valence-corrected chi connectivity index (χ2v) is 10.6. The van der Waals surface area contributed by atoms with E-state index in [1.165, 1.54) is 49.6 Å². The van der Waals surface area contributed by atoms with E-state index >= 15 is 0 Å². The highest BCUT2D eigenvalue weighted by Gasteiger charge is 2.27. The van der Waals surface area contributed by atoms with E-state index in [0.29, 0.717) is 0 Å². The van der Waals surface area contributed by atoms with Gasteiger partial charge >= 0.3 is 0 Å². The van der Waals surface area contributed by atoms with Crippen LogP contribution in [0.4, 0.5) is 0 Å². The fraction of sp³-hybridized carbons (Fsp3) is 0. The molecule has 0 spiro atoms. The molecule has 1 aliphatic rings. The zero-order valence-corrected chi connectivity index (χ0v) is 22.1. The van der Waals surface area contributed by atoms with Gasteiger partial charge in [-0.05, 0) is 58.1 Å². The van der Waals surface area contributed by atoms with Crippen molar-refractivity contribution in [3.8, 4) is 50.2 Å². The van der Waals surface area contributed by atoms with Crippen molar-refractivity contribution in [2.24, 2.45) is 0 Å². The summed E-state index contributed by atoms with van der Waals surface area (Å²) < 4.78 is 2.44. The molecule has 0 saturated carbocycles. The highest BCUT2D eigenvalue weighted by Crippen LogP contribution is 2.51. The second kappa shape index (κ2) is 8.48. The molecule has 0 aliphatic heterocycles. The summed E-state index contributed by atoms with van der Waals surface area (Å²) in [6, 6.07) is 45.7. The fourth-order valence-corrected chi connectivity index (χ4v) is 6.78. The first-order valence-electron chi connectivity index (χ1n) is 13.9. The zero-order valence-electron chi connectivity index (χ0n) is 22.1. The molecule has 9 rings (SSSR count). The summed E-state index contributed by atoms with van der Waals surface area (Å²) in [7, 11) is 0. The van der Waals surface area contributed by atoms with Gasteiger partial charge in [0.2, 0.25) is 0 Å². The zero-order chi connectivity index (χ0) is 26.9. The average molecular weight is 522 g/mol. The Morgan fingerprint density at radius 1 is 0.415 bits per heavy atom. The lowest BCUT2D eigenvalue weighted by Gasteiger charge is -2.26. The topological polar surface area (TPSA) is 30.7 Å². The van der Waals surface area contributed by atoms with Crippen LogP contribution in [0, 0.1) is 0 Å². The first-order chi connectivity index (χ1) is 20.4. The van der Waals surface area contributed by atoms with Crippen LogP contribution in [0.3, 0.4) is 0 Å². The summed E-state index contributed by atoms with van der Waals surface area (Å²) in [6.07, 6.45) is 3.90. The SMILES string of the molecule is c1ccc2c(c1)-c1cnc3cccnc3c1-c1ccccc1-c1cccc(-n3c4ccccc4c4ccccc43)c1-2. The van der Waals surface area contributed by atoms with Crippen LogP contribution in [0.1, 0.15) is 0 Å². The highest BCUT2D eigenvalue weighted by atomic mass is 15.0. The molecule has 5 aromatic carbocycles. The lowest BCUT2D eigenvalue weighted by atomic mass is 9.80. The molecular weight excluding hydrogens is 498 g/mol. The van der Waals surface area contributed by atoms with E-state index in [4.69, 9.17) is 9.97 Å². The summed E-state index contributed by atoms with van der Waals surface area (Å²) in [5.74, 6) is 0. The van der Waals surface area contributed by atoms with Crippen molar-refractivity contribution >= 4 is 32.8 Å². The van der Waals surface area contributed by atoms with Gasteiger partial charge in [0.1, 0.15) is 0 Å². The lowest BCUT2D eigenvalue weighted by Crippen LogP contribution is -2.03. The summed E-state index contributed by atoms with van der Waals surface area (Å²) >= 11 is 0. The predicted molar refractivity (Wildman–Crippen MR) is 169 cm³/mol. The van der Waals surface area contributed by atoms with E-state index in [1.807, 2.05) is 24.5 Å². The minimum Gasteiger partial charge on any atom is -0.309 e. The number of benzene rings is 5. The number of fused-ring (bicyclic) bond motifs is 13. The normalized spacial score (nSPS) is 11.9. The van der Waals surface area contributed by atoms with Crippen LogP contribution in [0.2, 0.25) is 0 Å². The third-order valence-electron chi connectivity index (χ3n) is 8.46. The van der Waals surface area contributed by atoms with Crippen molar-refractivity contribution in [1.82, 2.24) is 14.5 Å². The van der Waals surface area contributed by atoms with Crippen molar-refractivity contribution in [3.05, 3.63) is 140 Å². The fourth-order valence-electron chi connectivity index (χ4n) is 6.78. The van der Waals surface area contributed by atoms with Gasteiger partial charge in [-0.3, -0.25) is 9.97 Å². The van der Waals surface area contributed by atoms with E-state index in [2.05, 4.69) is 120 Å². The molecule has 0 atom stereocenters. The molecule has 0 unspecified atom stereocenters. The molecule has 8 aromatic rings. The van der Waals surface area contributed by atoms with Gasteiger partial charge in [0, 0.05) is 39.9 Å². The second-order valence-electron chi connectivity index (χ2n) is 10.6. The molecular formula is C38H23N3. The van der Waals surface area contributed by atoms with Crippen molar-refractivity contribution in [2.45, 2.75) is 0 Å².